The van der Waals surface area contributed by atoms with Crippen molar-refractivity contribution in [2.75, 3.05) is 26.8 Å². The Kier molecular flexibility index (Phi) is 5.33. The highest BCUT2D eigenvalue weighted by atomic mass is 16.6. The van der Waals surface area contributed by atoms with Gasteiger partial charge in [0, 0.05) is 6.54 Å². The Morgan fingerprint density at radius 3 is 2.62 bits per heavy atom. The van der Waals surface area contributed by atoms with Crippen molar-refractivity contribution >= 4 is 6.09 Å². The largest absolute Gasteiger partial charge is 0.497 e. The van der Waals surface area contributed by atoms with Gasteiger partial charge >= 0.3 is 6.09 Å². The first-order valence-corrected chi connectivity index (χ1v) is 7.97. The topological polar surface area (TPSA) is 48.0 Å². The Hall–Kier alpha value is -2.53. The number of morpholine rings is 1. The summed E-state index contributed by atoms with van der Waals surface area (Å²) in [7, 11) is 1.64. The number of benzene rings is 2. The van der Waals surface area contributed by atoms with E-state index in [0.29, 0.717) is 19.7 Å². The van der Waals surface area contributed by atoms with Gasteiger partial charge in [0.2, 0.25) is 0 Å². The Balaban J connectivity index is 1.57. The lowest BCUT2D eigenvalue weighted by Gasteiger charge is -2.32. The number of ether oxygens (including phenoxy) is 3. The zero-order valence-electron chi connectivity index (χ0n) is 13.7. The Morgan fingerprint density at radius 1 is 1.17 bits per heavy atom. The van der Waals surface area contributed by atoms with Crippen LogP contribution in [0.5, 0.6) is 5.75 Å². The Labute approximate surface area is 141 Å². The molecule has 5 nitrogen and oxygen atoms in total. The minimum absolute atomic E-state index is 0.145. The molecule has 24 heavy (non-hydrogen) atoms. The molecule has 0 N–H and O–H groups in total. The van der Waals surface area contributed by atoms with Crippen LogP contribution in [0.1, 0.15) is 17.2 Å². The molecule has 0 aliphatic carbocycles. The van der Waals surface area contributed by atoms with E-state index in [1.54, 1.807) is 12.0 Å². The van der Waals surface area contributed by atoms with Crippen LogP contribution in [-0.2, 0) is 16.1 Å². The second-order valence-electron chi connectivity index (χ2n) is 5.62. The number of carbonyl (C=O) groups excluding carboxylic acids is 1. The maximum Gasteiger partial charge on any atom is 0.410 e. The first-order valence-electron chi connectivity index (χ1n) is 7.97. The Bertz CT molecular complexity index is 657. The van der Waals surface area contributed by atoms with Crippen molar-refractivity contribution in [3.8, 4) is 5.75 Å². The smallest absolute Gasteiger partial charge is 0.410 e. The van der Waals surface area contributed by atoms with Gasteiger partial charge in [0.05, 0.1) is 20.3 Å². The van der Waals surface area contributed by atoms with E-state index in [0.717, 1.165) is 16.9 Å². The van der Waals surface area contributed by atoms with Crippen molar-refractivity contribution in [2.45, 2.75) is 12.7 Å². The predicted octanol–water partition coefficient (Wildman–Crippen LogP) is 3.41. The van der Waals surface area contributed by atoms with Crippen LogP contribution in [0.25, 0.3) is 0 Å². The lowest BCUT2D eigenvalue weighted by molar-refractivity contribution is -0.0296. The van der Waals surface area contributed by atoms with Gasteiger partial charge in [-0.25, -0.2) is 4.79 Å². The molecule has 1 fully saturated rings. The van der Waals surface area contributed by atoms with Gasteiger partial charge < -0.3 is 19.1 Å². The third kappa shape index (κ3) is 4.06. The highest BCUT2D eigenvalue weighted by Gasteiger charge is 2.26. The quantitative estimate of drug-likeness (QED) is 0.863. The summed E-state index contributed by atoms with van der Waals surface area (Å²) in [5.41, 5.74) is 2.00. The van der Waals surface area contributed by atoms with Crippen molar-refractivity contribution in [2.24, 2.45) is 0 Å². The molecule has 1 heterocycles. The van der Waals surface area contributed by atoms with Gasteiger partial charge in [-0.2, -0.15) is 0 Å². The molecule has 0 radical (unpaired) electrons. The van der Waals surface area contributed by atoms with Crippen molar-refractivity contribution in [3.63, 3.8) is 0 Å². The molecule has 1 atom stereocenters. The molecule has 0 spiro atoms. The van der Waals surface area contributed by atoms with Gasteiger partial charge in [-0.05, 0) is 23.3 Å². The summed E-state index contributed by atoms with van der Waals surface area (Å²) in [5.74, 6) is 0.800. The summed E-state index contributed by atoms with van der Waals surface area (Å²) in [6, 6.07) is 17.4. The summed E-state index contributed by atoms with van der Waals surface area (Å²) in [6.45, 7) is 1.81. The van der Waals surface area contributed by atoms with Crippen LogP contribution in [0.4, 0.5) is 4.79 Å². The summed E-state index contributed by atoms with van der Waals surface area (Å²) in [6.07, 6.45) is -0.449. The van der Waals surface area contributed by atoms with E-state index in [4.69, 9.17) is 14.2 Å². The van der Waals surface area contributed by atoms with Crippen LogP contribution < -0.4 is 4.74 Å². The van der Waals surface area contributed by atoms with Gasteiger partial charge in [-0.1, -0.05) is 42.5 Å². The summed E-state index contributed by atoms with van der Waals surface area (Å²) in [5, 5.41) is 0. The standard InChI is InChI=1S/C19H21NO4/c1-22-17-9-7-16(8-10-17)18-13-20(11-12-23-18)19(21)24-14-15-5-3-2-4-6-15/h2-10,18H,11-14H2,1H3. The first kappa shape index (κ1) is 16.3. The summed E-state index contributed by atoms with van der Waals surface area (Å²) >= 11 is 0. The number of hydrogen-bond acceptors (Lipinski definition) is 4. The molecule has 0 aromatic heterocycles. The fraction of sp³-hybridized carbons (Fsp3) is 0.316. The average Bonchev–Trinajstić information content (AvgIpc) is 2.67. The molecule has 3 rings (SSSR count). The van der Waals surface area contributed by atoms with Crippen molar-refractivity contribution in [3.05, 3.63) is 65.7 Å². The molecular formula is C19H21NO4. The highest BCUT2D eigenvalue weighted by Crippen LogP contribution is 2.24. The van der Waals surface area contributed by atoms with Gasteiger partial charge in [0.25, 0.3) is 0 Å². The van der Waals surface area contributed by atoms with Crippen LogP contribution in [0, 0.1) is 0 Å². The van der Waals surface area contributed by atoms with Crippen molar-refractivity contribution in [1.29, 1.82) is 0 Å². The molecule has 1 aliphatic heterocycles. The monoisotopic (exact) mass is 327 g/mol. The maximum atomic E-state index is 12.3. The second kappa shape index (κ2) is 7.84. The SMILES string of the molecule is COc1ccc(C2CN(C(=O)OCc3ccccc3)CCO2)cc1. The summed E-state index contributed by atoms with van der Waals surface area (Å²) in [4.78, 5) is 14.0. The fourth-order valence-electron chi connectivity index (χ4n) is 2.65. The minimum Gasteiger partial charge on any atom is -0.497 e. The summed E-state index contributed by atoms with van der Waals surface area (Å²) < 4.78 is 16.4. The predicted molar refractivity (Wildman–Crippen MR) is 89.9 cm³/mol. The lowest BCUT2D eigenvalue weighted by atomic mass is 10.1. The lowest BCUT2D eigenvalue weighted by Crippen LogP contribution is -2.42. The van der Waals surface area contributed by atoms with Crippen LogP contribution >= 0.6 is 0 Å². The van der Waals surface area contributed by atoms with E-state index in [-0.39, 0.29) is 18.8 Å². The molecule has 1 aliphatic rings. The number of methoxy groups -OCH3 is 1. The van der Waals surface area contributed by atoms with Crippen LogP contribution in [0.2, 0.25) is 0 Å². The van der Waals surface area contributed by atoms with E-state index >= 15 is 0 Å². The van der Waals surface area contributed by atoms with Crippen molar-refractivity contribution in [1.82, 2.24) is 4.90 Å². The number of amides is 1. The second-order valence-corrected chi connectivity index (χ2v) is 5.62. The molecule has 0 bridgehead atoms. The van der Waals surface area contributed by atoms with Crippen LogP contribution in [0.3, 0.4) is 0 Å². The van der Waals surface area contributed by atoms with E-state index in [9.17, 15) is 4.79 Å². The molecule has 126 valence electrons. The first-order chi connectivity index (χ1) is 11.8. The highest BCUT2D eigenvalue weighted by molar-refractivity contribution is 5.67. The van der Waals surface area contributed by atoms with Crippen LogP contribution in [-0.4, -0.2) is 37.8 Å². The van der Waals surface area contributed by atoms with Gasteiger partial charge in [0.15, 0.2) is 0 Å². The molecular weight excluding hydrogens is 306 g/mol. The van der Waals surface area contributed by atoms with E-state index in [2.05, 4.69) is 0 Å². The Morgan fingerprint density at radius 2 is 1.92 bits per heavy atom. The van der Waals surface area contributed by atoms with Crippen molar-refractivity contribution < 1.29 is 19.0 Å². The average molecular weight is 327 g/mol. The fourth-order valence-corrected chi connectivity index (χ4v) is 2.65. The number of rotatable bonds is 4. The molecule has 0 saturated carbocycles. The van der Waals surface area contributed by atoms with E-state index < -0.39 is 0 Å². The maximum absolute atomic E-state index is 12.3. The normalized spacial score (nSPS) is 17.4. The van der Waals surface area contributed by atoms with Crippen LogP contribution in [0.15, 0.2) is 54.6 Å². The molecule has 1 amide bonds. The number of carbonyl (C=O) groups is 1. The van der Waals surface area contributed by atoms with E-state index in [1.165, 1.54) is 0 Å². The molecule has 1 saturated heterocycles. The third-order valence-electron chi connectivity index (χ3n) is 4.02. The third-order valence-corrected chi connectivity index (χ3v) is 4.02. The molecule has 2 aromatic carbocycles. The minimum atomic E-state index is -0.305. The van der Waals surface area contributed by atoms with Gasteiger partial charge in [-0.15, -0.1) is 0 Å². The number of hydrogen-bond donors (Lipinski definition) is 0. The number of nitrogens with zero attached hydrogens (tertiary/aromatic N) is 1. The van der Waals surface area contributed by atoms with Gasteiger partial charge in [0.1, 0.15) is 18.5 Å². The molecule has 5 heteroatoms. The zero-order valence-corrected chi connectivity index (χ0v) is 13.7. The molecule has 1 unspecified atom stereocenters. The van der Waals surface area contributed by atoms with Gasteiger partial charge in [-0.3, -0.25) is 0 Å². The van der Waals surface area contributed by atoms with E-state index in [1.807, 2.05) is 54.6 Å². The molecule has 2 aromatic rings. The zero-order chi connectivity index (χ0) is 16.8.